The highest BCUT2D eigenvalue weighted by molar-refractivity contribution is 5.61. The number of hydrogen-bond acceptors (Lipinski definition) is 5. The standard InChI is InChI=1S/C12H10N4O2/c1-7-10(6-13-15-7)12-14-11(16-18-12)8-3-2-4-9(17)5-8/h2-6,17H,1H3,(H,13,15). The SMILES string of the molecule is Cc1[nH]ncc1-c1nc(-c2cccc(O)c2)no1. The quantitative estimate of drug-likeness (QED) is 0.718. The van der Waals surface area contributed by atoms with Gasteiger partial charge in [-0.2, -0.15) is 10.1 Å². The molecule has 0 radical (unpaired) electrons. The van der Waals surface area contributed by atoms with Crippen LogP contribution in [0.2, 0.25) is 0 Å². The highest BCUT2D eigenvalue weighted by Gasteiger charge is 2.13. The van der Waals surface area contributed by atoms with Crippen molar-refractivity contribution in [3.05, 3.63) is 36.2 Å². The first kappa shape index (κ1) is 10.5. The van der Waals surface area contributed by atoms with Gasteiger partial charge in [-0.3, -0.25) is 5.10 Å². The molecule has 0 unspecified atom stereocenters. The first-order chi connectivity index (χ1) is 8.74. The Morgan fingerprint density at radius 2 is 2.22 bits per heavy atom. The van der Waals surface area contributed by atoms with E-state index in [2.05, 4.69) is 20.3 Å². The number of phenolic OH excluding ortho intramolecular Hbond substituents is 1. The molecule has 6 nitrogen and oxygen atoms in total. The van der Waals surface area contributed by atoms with Crippen LogP contribution in [0.5, 0.6) is 5.75 Å². The zero-order valence-electron chi connectivity index (χ0n) is 9.58. The molecule has 0 spiro atoms. The van der Waals surface area contributed by atoms with Crippen LogP contribution in [0.15, 0.2) is 35.0 Å². The topological polar surface area (TPSA) is 87.8 Å². The maximum Gasteiger partial charge on any atom is 0.261 e. The summed E-state index contributed by atoms with van der Waals surface area (Å²) < 4.78 is 5.18. The molecule has 2 N–H and O–H groups in total. The molecule has 2 heterocycles. The molecular formula is C12H10N4O2. The summed E-state index contributed by atoms with van der Waals surface area (Å²) in [5.41, 5.74) is 2.33. The van der Waals surface area contributed by atoms with Crippen LogP contribution in [0.4, 0.5) is 0 Å². The van der Waals surface area contributed by atoms with Crippen LogP contribution in [0.3, 0.4) is 0 Å². The van der Waals surface area contributed by atoms with E-state index in [1.54, 1.807) is 30.5 Å². The first-order valence-electron chi connectivity index (χ1n) is 5.37. The van der Waals surface area contributed by atoms with Crippen LogP contribution < -0.4 is 0 Å². The molecule has 6 heteroatoms. The molecular weight excluding hydrogens is 232 g/mol. The van der Waals surface area contributed by atoms with Crippen molar-refractivity contribution in [2.24, 2.45) is 0 Å². The number of benzene rings is 1. The molecule has 0 saturated carbocycles. The third-order valence-electron chi connectivity index (χ3n) is 2.59. The van der Waals surface area contributed by atoms with Crippen LogP contribution >= 0.6 is 0 Å². The predicted molar refractivity (Wildman–Crippen MR) is 63.7 cm³/mol. The van der Waals surface area contributed by atoms with Crippen LogP contribution in [0.1, 0.15) is 5.69 Å². The Morgan fingerprint density at radius 1 is 1.33 bits per heavy atom. The largest absolute Gasteiger partial charge is 0.508 e. The van der Waals surface area contributed by atoms with Crippen LogP contribution in [0, 0.1) is 6.92 Å². The summed E-state index contributed by atoms with van der Waals surface area (Å²) in [6, 6.07) is 6.70. The third kappa shape index (κ3) is 1.73. The lowest BCUT2D eigenvalue weighted by molar-refractivity contribution is 0.432. The van der Waals surface area contributed by atoms with Crippen molar-refractivity contribution in [2.45, 2.75) is 6.92 Å². The summed E-state index contributed by atoms with van der Waals surface area (Å²) in [4.78, 5) is 4.28. The molecule has 18 heavy (non-hydrogen) atoms. The van der Waals surface area contributed by atoms with Gasteiger partial charge in [0.25, 0.3) is 5.89 Å². The van der Waals surface area contributed by atoms with E-state index in [0.29, 0.717) is 17.3 Å². The van der Waals surface area contributed by atoms with E-state index in [1.807, 2.05) is 6.92 Å². The summed E-state index contributed by atoms with van der Waals surface area (Å²) >= 11 is 0. The van der Waals surface area contributed by atoms with E-state index in [9.17, 15) is 5.11 Å². The molecule has 1 aromatic carbocycles. The second kappa shape index (κ2) is 3.99. The van der Waals surface area contributed by atoms with Gasteiger partial charge < -0.3 is 9.63 Å². The lowest BCUT2D eigenvalue weighted by atomic mass is 10.2. The van der Waals surface area contributed by atoms with E-state index < -0.39 is 0 Å². The van der Waals surface area contributed by atoms with Gasteiger partial charge in [0.05, 0.1) is 11.8 Å². The fourth-order valence-electron chi connectivity index (χ4n) is 1.66. The Bertz CT molecular complexity index is 687. The van der Waals surface area contributed by atoms with E-state index in [0.717, 1.165) is 11.3 Å². The van der Waals surface area contributed by atoms with Crippen LogP contribution in [-0.4, -0.2) is 25.4 Å². The van der Waals surface area contributed by atoms with Crippen LogP contribution in [-0.2, 0) is 0 Å². The summed E-state index contributed by atoms with van der Waals surface area (Å²) in [5.74, 6) is 0.999. The molecule has 90 valence electrons. The smallest absolute Gasteiger partial charge is 0.261 e. The number of H-pyrrole nitrogens is 1. The lowest BCUT2D eigenvalue weighted by Gasteiger charge is -1.94. The fraction of sp³-hybridized carbons (Fsp3) is 0.0833. The minimum Gasteiger partial charge on any atom is -0.508 e. The Kier molecular flexibility index (Phi) is 2.33. The van der Waals surface area contributed by atoms with E-state index in [4.69, 9.17) is 4.52 Å². The van der Waals surface area contributed by atoms with Gasteiger partial charge in [0.1, 0.15) is 5.75 Å². The van der Waals surface area contributed by atoms with Crippen molar-refractivity contribution in [1.29, 1.82) is 0 Å². The Labute approximate surface area is 102 Å². The minimum absolute atomic E-state index is 0.165. The fourth-order valence-corrected chi connectivity index (χ4v) is 1.66. The summed E-state index contributed by atoms with van der Waals surface area (Å²) in [6.07, 6.45) is 1.63. The average molecular weight is 242 g/mol. The molecule has 0 aliphatic rings. The molecule has 3 rings (SSSR count). The number of rotatable bonds is 2. The normalized spacial score (nSPS) is 10.7. The van der Waals surface area contributed by atoms with Crippen molar-refractivity contribution in [1.82, 2.24) is 20.3 Å². The van der Waals surface area contributed by atoms with Gasteiger partial charge in [-0.25, -0.2) is 0 Å². The van der Waals surface area contributed by atoms with E-state index in [1.165, 1.54) is 0 Å². The number of hydrogen-bond donors (Lipinski definition) is 2. The maximum absolute atomic E-state index is 9.41. The molecule has 3 aromatic rings. The van der Waals surface area contributed by atoms with Gasteiger partial charge in [0.2, 0.25) is 5.82 Å². The van der Waals surface area contributed by atoms with Gasteiger partial charge in [-0.1, -0.05) is 17.3 Å². The van der Waals surface area contributed by atoms with Crippen molar-refractivity contribution in [3.63, 3.8) is 0 Å². The number of nitrogens with zero attached hydrogens (tertiary/aromatic N) is 3. The Balaban J connectivity index is 2.02. The molecule has 0 fully saturated rings. The highest BCUT2D eigenvalue weighted by atomic mass is 16.5. The monoisotopic (exact) mass is 242 g/mol. The molecule has 0 aliphatic carbocycles. The number of aromatic hydroxyl groups is 1. The maximum atomic E-state index is 9.41. The number of aromatic nitrogens is 4. The Hall–Kier alpha value is -2.63. The summed E-state index contributed by atoms with van der Waals surface area (Å²) in [7, 11) is 0. The number of aryl methyl sites for hydroxylation is 1. The van der Waals surface area contributed by atoms with Crippen LogP contribution in [0.25, 0.3) is 22.8 Å². The van der Waals surface area contributed by atoms with Crippen molar-refractivity contribution in [2.75, 3.05) is 0 Å². The molecule has 0 bridgehead atoms. The zero-order valence-corrected chi connectivity index (χ0v) is 9.58. The molecule has 0 aliphatic heterocycles. The predicted octanol–water partition coefficient (Wildman–Crippen LogP) is 2.14. The van der Waals surface area contributed by atoms with Crippen molar-refractivity contribution in [3.8, 4) is 28.6 Å². The number of nitrogens with one attached hydrogen (secondary N) is 1. The molecule has 0 amide bonds. The van der Waals surface area contributed by atoms with Gasteiger partial charge in [0.15, 0.2) is 0 Å². The lowest BCUT2D eigenvalue weighted by Crippen LogP contribution is -1.81. The summed E-state index contributed by atoms with van der Waals surface area (Å²) in [5, 5.41) is 20.0. The number of phenols is 1. The second-order valence-corrected chi connectivity index (χ2v) is 3.88. The first-order valence-corrected chi connectivity index (χ1v) is 5.37. The Morgan fingerprint density at radius 3 is 2.94 bits per heavy atom. The third-order valence-corrected chi connectivity index (χ3v) is 2.59. The van der Waals surface area contributed by atoms with Crippen molar-refractivity contribution >= 4 is 0 Å². The van der Waals surface area contributed by atoms with E-state index >= 15 is 0 Å². The van der Waals surface area contributed by atoms with Gasteiger partial charge in [-0.15, -0.1) is 0 Å². The highest BCUT2D eigenvalue weighted by Crippen LogP contribution is 2.25. The average Bonchev–Trinajstić information content (AvgIpc) is 2.97. The second-order valence-electron chi connectivity index (χ2n) is 3.88. The molecule has 0 atom stereocenters. The minimum atomic E-state index is 0.165. The van der Waals surface area contributed by atoms with E-state index in [-0.39, 0.29) is 5.75 Å². The van der Waals surface area contributed by atoms with Gasteiger partial charge in [0, 0.05) is 11.3 Å². The van der Waals surface area contributed by atoms with Gasteiger partial charge in [-0.05, 0) is 19.1 Å². The zero-order chi connectivity index (χ0) is 12.5. The summed E-state index contributed by atoms with van der Waals surface area (Å²) in [6.45, 7) is 1.88. The van der Waals surface area contributed by atoms with Gasteiger partial charge >= 0.3 is 0 Å². The molecule has 0 saturated heterocycles. The number of aromatic amines is 1. The van der Waals surface area contributed by atoms with Crippen molar-refractivity contribution < 1.29 is 9.63 Å². The molecule has 2 aromatic heterocycles.